The standard InChI is InChI=1S/C29H34N8O3/c1-29(2,3)40-28(38)36-7-5-22(6-8-36)37-14-21(15-37)18-9-19(11-30)26-24(10-18)34-27-23(16-39-26)25(31-17-32-27)20-12-33-35(4)13-20/h9-10,12-13,17,21-22H,5-8,14-16H2,1-4H3,(H,31,32,34). The number of fused-ring (bicyclic) bond motifs is 2. The molecule has 2 saturated heterocycles. The van der Waals surface area contributed by atoms with Crippen molar-refractivity contribution in [3.63, 3.8) is 0 Å². The number of carbonyl (C=O) groups is 1. The zero-order valence-corrected chi connectivity index (χ0v) is 23.3. The number of anilines is 2. The largest absolute Gasteiger partial charge is 0.485 e. The molecule has 0 saturated carbocycles. The fraction of sp³-hybridized carbons (Fsp3) is 0.483. The Morgan fingerprint density at radius 1 is 1.20 bits per heavy atom. The monoisotopic (exact) mass is 542 g/mol. The van der Waals surface area contributed by atoms with Crippen molar-refractivity contribution in [3.05, 3.63) is 47.5 Å². The lowest BCUT2D eigenvalue weighted by Gasteiger charge is -2.47. The van der Waals surface area contributed by atoms with E-state index in [2.05, 4.69) is 37.4 Å². The molecule has 3 aromatic rings. The van der Waals surface area contributed by atoms with Crippen molar-refractivity contribution in [2.45, 2.75) is 57.8 Å². The first-order valence-corrected chi connectivity index (χ1v) is 13.7. The van der Waals surface area contributed by atoms with Crippen LogP contribution in [0.15, 0.2) is 30.9 Å². The number of rotatable bonds is 3. The van der Waals surface area contributed by atoms with Crippen LogP contribution in [-0.2, 0) is 18.4 Å². The second-order valence-corrected chi connectivity index (χ2v) is 11.8. The summed E-state index contributed by atoms with van der Waals surface area (Å²) in [5.41, 5.74) is 4.34. The van der Waals surface area contributed by atoms with Crippen molar-refractivity contribution >= 4 is 17.6 Å². The van der Waals surface area contributed by atoms with Gasteiger partial charge < -0.3 is 19.7 Å². The van der Waals surface area contributed by atoms with Gasteiger partial charge in [-0.2, -0.15) is 10.4 Å². The van der Waals surface area contributed by atoms with E-state index < -0.39 is 5.60 Å². The zero-order valence-electron chi connectivity index (χ0n) is 23.3. The van der Waals surface area contributed by atoms with E-state index in [1.165, 1.54) is 6.33 Å². The number of aromatic nitrogens is 4. The molecule has 3 aliphatic heterocycles. The Labute approximate surface area is 233 Å². The minimum Gasteiger partial charge on any atom is -0.485 e. The number of amides is 1. The molecule has 208 valence electrons. The van der Waals surface area contributed by atoms with Gasteiger partial charge in [-0.05, 0) is 51.3 Å². The van der Waals surface area contributed by atoms with Crippen LogP contribution in [0.25, 0.3) is 11.3 Å². The molecular formula is C29H34N8O3. The Morgan fingerprint density at radius 2 is 1.98 bits per heavy atom. The number of nitrogens with zero attached hydrogens (tertiary/aromatic N) is 7. The minimum atomic E-state index is -0.481. The van der Waals surface area contributed by atoms with Crippen molar-refractivity contribution < 1.29 is 14.3 Å². The summed E-state index contributed by atoms with van der Waals surface area (Å²) in [6.45, 7) is 9.19. The summed E-state index contributed by atoms with van der Waals surface area (Å²) in [7, 11) is 1.86. The lowest BCUT2D eigenvalue weighted by atomic mass is 9.87. The predicted molar refractivity (Wildman–Crippen MR) is 148 cm³/mol. The fourth-order valence-electron chi connectivity index (χ4n) is 5.70. The molecule has 0 bridgehead atoms. The highest BCUT2D eigenvalue weighted by Gasteiger charge is 2.37. The third kappa shape index (κ3) is 5.07. The smallest absolute Gasteiger partial charge is 0.410 e. The number of nitriles is 1. The van der Waals surface area contributed by atoms with Gasteiger partial charge in [0.2, 0.25) is 0 Å². The SMILES string of the molecule is Cn1cc(-c2ncnc3c2COc2c(C#N)cc(C4CN(C5CCN(C(=O)OC(C)(C)C)CC5)C4)cc2N3)cn1. The molecule has 2 fully saturated rings. The third-order valence-electron chi connectivity index (χ3n) is 7.78. The quantitative estimate of drug-likeness (QED) is 0.519. The molecule has 1 aromatic carbocycles. The van der Waals surface area contributed by atoms with Gasteiger partial charge in [-0.25, -0.2) is 14.8 Å². The van der Waals surface area contributed by atoms with Gasteiger partial charge in [0.15, 0.2) is 5.75 Å². The van der Waals surface area contributed by atoms with Gasteiger partial charge >= 0.3 is 6.09 Å². The van der Waals surface area contributed by atoms with Gasteiger partial charge in [0.25, 0.3) is 0 Å². The van der Waals surface area contributed by atoms with E-state index in [0.29, 0.717) is 42.2 Å². The van der Waals surface area contributed by atoms with Gasteiger partial charge in [-0.15, -0.1) is 0 Å². The summed E-state index contributed by atoms with van der Waals surface area (Å²) in [6.07, 6.45) is 6.85. The Balaban J connectivity index is 1.14. The number of hydrogen-bond donors (Lipinski definition) is 1. The van der Waals surface area contributed by atoms with E-state index >= 15 is 0 Å². The molecule has 11 heteroatoms. The molecule has 3 aliphatic rings. The maximum absolute atomic E-state index is 12.4. The van der Waals surface area contributed by atoms with E-state index in [9.17, 15) is 10.1 Å². The maximum Gasteiger partial charge on any atom is 0.410 e. The third-order valence-corrected chi connectivity index (χ3v) is 7.78. The molecule has 40 heavy (non-hydrogen) atoms. The van der Waals surface area contributed by atoms with Gasteiger partial charge in [0.05, 0.1) is 28.7 Å². The number of likely N-dealkylation sites (tertiary alicyclic amines) is 2. The molecule has 6 rings (SSSR count). The Kier molecular flexibility index (Phi) is 6.58. The lowest BCUT2D eigenvalue weighted by Crippen LogP contribution is -2.55. The molecule has 0 radical (unpaired) electrons. The van der Waals surface area contributed by atoms with Crippen molar-refractivity contribution in [2.24, 2.45) is 7.05 Å². The molecule has 0 atom stereocenters. The molecule has 1 amide bonds. The Hall–Kier alpha value is -4.17. The summed E-state index contributed by atoms with van der Waals surface area (Å²) >= 11 is 0. The molecule has 5 heterocycles. The molecule has 11 nitrogen and oxygen atoms in total. The van der Waals surface area contributed by atoms with E-state index in [4.69, 9.17) is 9.47 Å². The summed E-state index contributed by atoms with van der Waals surface area (Å²) in [5, 5.41) is 17.7. The summed E-state index contributed by atoms with van der Waals surface area (Å²) in [5.74, 6) is 1.52. The highest BCUT2D eigenvalue weighted by Crippen LogP contribution is 2.42. The van der Waals surface area contributed by atoms with Crippen molar-refractivity contribution in [2.75, 3.05) is 31.5 Å². The number of hydrogen-bond acceptors (Lipinski definition) is 9. The minimum absolute atomic E-state index is 0.226. The van der Waals surface area contributed by atoms with Crippen molar-refractivity contribution in [1.29, 1.82) is 5.26 Å². The molecular weight excluding hydrogens is 508 g/mol. The predicted octanol–water partition coefficient (Wildman–Crippen LogP) is 4.18. The van der Waals surface area contributed by atoms with Crippen LogP contribution in [0.4, 0.5) is 16.3 Å². The Morgan fingerprint density at radius 3 is 2.65 bits per heavy atom. The molecule has 0 unspecified atom stereocenters. The normalized spacial score (nSPS) is 17.9. The van der Waals surface area contributed by atoms with Gasteiger partial charge in [-0.3, -0.25) is 9.58 Å². The average molecular weight is 543 g/mol. The first-order valence-electron chi connectivity index (χ1n) is 13.7. The number of ether oxygens (including phenoxy) is 2. The van der Waals surface area contributed by atoms with Crippen molar-refractivity contribution in [3.8, 4) is 23.1 Å². The van der Waals surface area contributed by atoms with Crippen LogP contribution >= 0.6 is 0 Å². The number of carbonyl (C=O) groups excluding carboxylic acids is 1. The first kappa shape index (κ1) is 26.1. The van der Waals surface area contributed by atoms with Crippen LogP contribution in [0.2, 0.25) is 0 Å². The fourth-order valence-corrected chi connectivity index (χ4v) is 5.70. The van der Waals surface area contributed by atoms with Crippen LogP contribution in [0.5, 0.6) is 5.75 Å². The lowest BCUT2D eigenvalue weighted by molar-refractivity contribution is 0.00591. The van der Waals surface area contributed by atoms with E-state index in [-0.39, 0.29) is 12.7 Å². The summed E-state index contributed by atoms with van der Waals surface area (Å²) < 4.78 is 13.5. The number of benzene rings is 1. The van der Waals surface area contributed by atoms with E-state index in [0.717, 1.165) is 54.0 Å². The van der Waals surface area contributed by atoms with Crippen LogP contribution in [-0.4, -0.2) is 73.5 Å². The van der Waals surface area contributed by atoms with Crippen LogP contribution in [0.3, 0.4) is 0 Å². The van der Waals surface area contributed by atoms with E-state index in [1.807, 2.05) is 45.0 Å². The number of piperidine rings is 1. The highest BCUT2D eigenvalue weighted by molar-refractivity contribution is 5.76. The topological polar surface area (TPSA) is 121 Å². The van der Waals surface area contributed by atoms with Crippen LogP contribution in [0.1, 0.15) is 56.2 Å². The zero-order chi connectivity index (χ0) is 28.0. The molecule has 0 aliphatic carbocycles. The maximum atomic E-state index is 12.4. The van der Waals surface area contributed by atoms with Crippen LogP contribution in [0, 0.1) is 11.3 Å². The van der Waals surface area contributed by atoms with Gasteiger partial charge in [0, 0.05) is 56.9 Å². The van der Waals surface area contributed by atoms with Crippen LogP contribution < -0.4 is 10.1 Å². The summed E-state index contributed by atoms with van der Waals surface area (Å²) in [6, 6.07) is 6.82. The van der Waals surface area contributed by atoms with E-state index in [1.54, 1.807) is 10.9 Å². The Bertz CT molecular complexity index is 1470. The first-order chi connectivity index (χ1) is 19.2. The van der Waals surface area contributed by atoms with Crippen molar-refractivity contribution in [1.82, 2.24) is 29.5 Å². The second kappa shape index (κ2) is 10.1. The highest BCUT2D eigenvalue weighted by atomic mass is 16.6. The van der Waals surface area contributed by atoms with Gasteiger partial charge in [-0.1, -0.05) is 0 Å². The molecule has 2 aromatic heterocycles. The molecule has 1 N–H and O–H groups in total. The average Bonchev–Trinajstić information content (AvgIpc) is 3.23. The second-order valence-electron chi connectivity index (χ2n) is 11.8. The van der Waals surface area contributed by atoms with Gasteiger partial charge in [0.1, 0.15) is 30.4 Å². The summed E-state index contributed by atoms with van der Waals surface area (Å²) in [4.78, 5) is 25.7. The number of nitrogens with one attached hydrogen (secondary N) is 1. The molecule has 0 spiro atoms. The number of aryl methyl sites for hydroxylation is 1.